The van der Waals surface area contributed by atoms with E-state index in [-0.39, 0.29) is 5.82 Å². The summed E-state index contributed by atoms with van der Waals surface area (Å²) in [7, 11) is 0. The lowest BCUT2D eigenvalue weighted by atomic mass is 9.46. The number of nitrogens with one attached hydrogen (secondary N) is 1. The fourth-order valence-electron chi connectivity index (χ4n) is 4.78. The molecule has 0 aromatic heterocycles. The Morgan fingerprint density at radius 1 is 1.36 bits per heavy atom. The molecule has 3 aliphatic rings. The van der Waals surface area contributed by atoms with Gasteiger partial charge in [-0.1, -0.05) is 18.6 Å². The lowest BCUT2D eigenvalue weighted by Gasteiger charge is -2.63. The molecule has 1 aliphatic heterocycles. The van der Waals surface area contributed by atoms with Crippen LogP contribution < -0.4 is 5.32 Å². The van der Waals surface area contributed by atoms with Crippen molar-refractivity contribution < 1.29 is 14.2 Å². The zero-order valence-electron chi connectivity index (χ0n) is 13.0. The van der Waals surface area contributed by atoms with E-state index in [1.807, 2.05) is 0 Å². The normalized spacial score (nSPS) is 34.6. The maximum absolute atomic E-state index is 13.0. The number of aliphatic hydroxyl groups is 1. The number of rotatable bonds is 4. The highest BCUT2D eigenvalue weighted by Crippen LogP contribution is 2.62. The van der Waals surface area contributed by atoms with Gasteiger partial charge in [-0.05, 0) is 43.9 Å². The first-order valence-electron chi connectivity index (χ1n) is 8.36. The molecule has 4 rings (SSSR count). The van der Waals surface area contributed by atoms with E-state index in [1.54, 1.807) is 19.1 Å². The van der Waals surface area contributed by atoms with Gasteiger partial charge in [-0.15, -0.1) is 0 Å². The van der Waals surface area contributed by atoms with Gasteiger partial charge in [-0.2, -0.15) is 0 Å². The molecular weight excluding hydrogens is 281 g/mol. The second-order valence-electron chi connectivity index (χ2n) is 7.47. The van der Waals surface area contributed by atoms with Crippen molar-refractivity contribution in [3.05, 3.63) is 35.6 Å². The Hall–Kier alpha value is -0.970. The molecular formula is C18H24FNO2. The molecule has 1 heterocycles. The van der Waals surface area contributed by atoms with Crippen LogP contribution in [-0.4, -0.2) is 30.4 Å². The van der Waals surface area contributed by atoms with E-state index < -0.39 is 5.60 Å². The highest BCUT2D eigenvalue weighted by Gasteiger charge is 2.66. The average molecular weight is 305 g/mol. The van der Waals surface area contributed by atoms with Crippen LogP contribution in [0.4, 0.5) is 4.39 Å². The Kier molecular flexibility index (Phi) is 3.33. The van der Waals surface area contributed by atoms with E-state index >= 15 is 0 Å². The van der Waals surface area contributed by atoms with E-state index in [2.05, 4.69) is 5.32 Å². The van der Waals surface area contributed by atoms with Crippen molar-refractivity contribution in [1.82, 2.24) is 5.32 Å². The molecule has 2 saturated carbocycles. The number of benzene rings is 1. The molecule has 4 unspecified atom stereocenters. The van der Waals surface area contributed by atoms with Crippen molar-refractivity contribution in [2.75, 3.05) is 13.2 Å². The molecule has 2 N–H and O–H groups in total. The van der Waals surface area contributed by atoms with Gasteiger partial charge in [0.2, 0.25) is 0 Å². The van der Waals surface area contributed by atoms with E-state index in [0.29, 0.717) is 30.0 Å². The van der Waals surface area contributed by atoms with Gasteiger partial charge >= 0.3 is 0 Å². The lowest BCUT2D eigenvalue weighted by Crippen LogP contribution is -2.71. The Morgan fingerprint density at radius 3 is 2.73 bits per heavy atom. The van der Waals surface area contributed by atoms with Crippen LogP contribution in [-0.2, 0) is 10.3 Å². The van der Waals surface area contributed by atoms with Crippen LogP contribution in [0.5, 0.6) is 0 Å². The Bertz CT molecular complexity index is 553. The molecule has 0 radical (unpaired) electrons. The fraction of sp³-hybridized carbons (Fsp3) is 0.667. The molecule has 4 heteroatoms. The summed E-state index contributed by atoms with van der Waals surface area (Å²) in [4.78, 5) is 0. The molecule has 3 fully saturated rings. The van der Waals surface area contributed by atoms with Gasteiger partial charge in [0.25, 0.3) is 0 Å². The maximum atomic E-state index is 13.0. The van der Waals surface area contributed by atoms with Crippen LogP contribution in [0, 0.1) is 17.2 Å². The molecule has 1 spiro atoms. The Balaban J connectivity index is 1.44. The second kappa shape index (κ2) is 5.02. The summed E-state index contributed by atoms with van der Waals surface area (Å²) in [6.45, 7) is 3.17. The van der Waals surface area contributed by atoms with Crippen LogP contribution >= 0.6 is 0 Å². The first-order chi connectivity index (χ1) is 10.5. The average Bonchev–Trinajstić information content (AvgIpc) is 2.83. The summed E-state index contributed by atoms with van der Waals surface area (Å²) in [5, 5.41) is 14.3. The highest BCUT2D eigenvalue weighted by atomic mass is 19.1. The molecule has 0 bridgehead atoms. The van der Waals surface area contributed by atoms with Gasteiger partial charge in [0.1, 0.15) is 5.82 Å². The van der Waals surface area contributed by atoms with Crippen molar-refractivity contribution in [2.45, 2.75) is 50.4 Å². The smallest absolute Gasteiger partial charge is 0.123 e. The van der Waals surface area contributed by atoms with Crippen LogP contribution in [0.1, 0.15) is 38.2 Å². The summed E-state index contributed by atoms with van der Waals surface area (Å²) in [5.74, 6) is 0.329. The molecule has 1 aromatic rings. The summed E-state index contributed by atoms with van der Waals surface area (Å²) in [6, 6.07) is 6.60. The third-order valence-electron chi connectivity index (χ3n) is 6.17. The van der Waals surface area contributed by atoms with Gasteiger partial charge < -0.3 is 15.2 Å². The second-order valence-corrected chi connectivity index (χ2v) is 7.47. The predicted molar refractivity (Wildman–Crippen MR) is 81.9 cm³/mol. The zero-order chi connectivity index (χ0) is 15.4. The predicted octanol–water partition coefficient (Wildman–Crippen LogP) is 2.58. The quantitative estimate of drug-likeness (QED) is 0.898. The Morgan fingerprint density at radius 2 is 2.09 bits per heavy atom. The van der Waals surface area contributed by atoms with Crippen LogP contribution in [0.25, 0.3) is 0 Å². The maximum Gasteiger partial charge on any atom is 0.123 e. The molecule has 3 nitrogen and oxygen atoms in total. The van der Waals surface area contributed by atoms with Gasteiger partial charge in [0.05, 0.1) is 11.7 Å². The largest absolute Gasteiger partial charge is 0.384 e. The van der Waals surface area contributed by atoms with E-state index in [9.17, 15) is 9.50 Å². The van der Waals surface area contributed by atoms with Gasteiger partial charge in [0.15, 0.2) is 0 Å². The van der Waals surface area contributed by atoms with Crippen molar-refractivity contribution in [3.63, 3.8) is 0 Å². The molecule has 0 amide bonds. The van der Waals surface area contributed by atoms with Gasteiger partial charge in [-0.25, -0.2) is 4.39 Å². The monoisotopic (exact) mass is 305 g/mol. The van der Waals surface area contributed by atoms with Crippen LogP contribution in [0.3, 0.4) is 0 Å². The first kappa shape index (κ1) is 14.6. The summed E-state index contributed by atoms with van der Waals surface area (Å²) >= 11 is 0. The minimum atomic E-state index is -0.983. The summed E-state index contributed by atoms with van der Waals surface area (Å²) in [5.41, 5.74) is 0.0889. The minimum absolute atomic E-state index is 0.272. The first-order valence-corrected chi connectivity index (χ1v) is 8.36. The fourth-order valence-corrected chi connectivity index (χ4v) is 4.78. The molecule has 2 aliphatic carbocycles. The standard InChI is InChI=1S/C18H24FNO2/c1-17(21,12-3-5-13(19)6-4-12)11-20-15-14-7-10-22-16(14)18(15)8-2-9-18/h3-6,14-16,20-21H,2,7-11H2,1H3. The van der Waals surface area contributed by atoms with Gasteiger partial charge in [0, 0.05) is 30.5 Å². The SMILES string of the molecule is CC(O)(CNC1C2CCOC2C12CCC2)c1ccc(F)cc1. The van der Waals surface area contributed by atoms with E-state index in [4.69, 9.17) is 4.74 Å². The van der Waals surface area contributed by atoms with Crippen molar-refractivity contribution in [1.29, 1.82) is 0 Å². The molecule has 4 atom stereocenters. The molecule has 1 aromatic carbocycles. The number of ether oxygens (including phenoxy) is 1. The minimum Gasteiger partial charge on any atom is -0.384 e. The van der Waals surface area contributed by atoms with E-state index in [0.717, 1.165) is 18.6 Å². The highest BCUT2D eigenvalue weighted by molar-refractivity contribution is 5.24. The summed E-state index contributed by atoms with van der Waals surface area (Å²) < 4.78 is 19.0. The Labute approximate surface area is 130 Å². The lowest BCUT2D eigenvalue weighted by molar-refractivity contribution is -0.178. The van der Waals surface area contributed by atoms with E-state index in [1.165, 1.54) is 31.4 Å². The summed E-state index contributed by atoms with van der Waals surface area (Å²) in [6.07, 6.45) is 5.34. The van der Waals surface area contributed by atoms with Crippen molar-refractivity contribution in [3.8, 4) is 0 Å². The topological polar surface area (TPSA) is 41.5 Å². The van der Waals surface area contributed by atoms with Crippen LogP contribution in [0.15, 0.2) is 24.3 Å². The number of hydrogen-bond acceptors (Lipinski definition) is 3. The number of hydrogen-bond donors (Lipinski definition) is 2. The number of halogens is 1. The molecule has 120 valence electrons. The molecule has 1 saturated heterocycles. The van der Waals surface area contributed by atoms with Crippen molar-refractivity contribution in [2.24, 2.45) is 11.3 Å². The van der Waals surface area contributed by atoms with Crippen LogP contribution in [0.2, 0.25) is 0 Å². The third kappa shape index (κ3) is 2.04. The third-order valence-corrected chi connectivity index (χ3v) is 6.17. The molecule has 22 heavy (non-hydrogen) atoms. The van der Waals surface area contributed by atoms with Crippen molar-refractivity contribution >= 4 is 0 Å². The number of fused-ring (bicyclic) bond motifs is 2. The zero-order valence-corrected chi connectivity index (χ0v) is 13.0. The van der Waals surface area contributed by atoms with Gasteiger partial charge in [-0.3, -0.25) is 0 Å².